The van der Waals surface area contributed by atoms with Gasteiger partial charge in [-0.3, -0.25) is 14.3 Å². The van der Waals surface area contributed by atoms with E-state index in [1.807, 2.05) is 30.3 Å². The molecule has 1 aromatic carbocycles. The molecule has 2 saturated heterocycles. The lowest BCUT2D eigenvalue weighted by atomic mass is 9.80. The highest BCUT2D eigenvalue weighted by Crippen LogP contribution is 2.45. The van der Waals surface area contributed by atoms with Crippen molar-refractivity contribution in [1.29, 1.82) is 0 Å². The van der Waals surface area contributed by atoms with Gasteiger partial charge in [-0.05, 0) is 0 Å². The number of H-pyrrole nitrogens is 1. The lowest BCUT2D eigenvalue weighted by Crippen LogP contribution is -2.66. The zero-order chi connectivity index (χ0) is 19.9. The molecule has 9 heteroatoms. The van der Waals surface area contributed by atoms with Crippen molar-refractivity contribution in [3.63, 3.8) is 0 Å². The quantitative estimate of drug-likeness (QED) is 0.669. The van der Waals surface area contributed by atoms with E-state index < -0.39 is 54.1 Å². The summed E-state index contributed by atoms with van der Waals surface area (Å²) in [6, 6.07) is 10.5. The van der Waals surface area contributed by atoms with Gasteiger partial charge < -0.3 is 24.4 Å². The number of benzene rings is 1. The lowest BCUT2D eigenvalue weighted by Gasteiger charge is -2.54. The van der Waals surface area contributed by atoms with Gasteiger partial charge in [0, 0.05) is 23.7 Å². The molecule has 28 heavy (non-hydrogen) atoms. The molecule has 6 atom stereocenters. The van der Waals surface area contributed by atoms with E-state index in [1.165, 1.54) is 12.3 Å². The molecular weight excluding hydrogens is 368 g/mol. The molecule has 0 amide bonds. The zero-order valence-electron chi connectivity index (χ0n) is 15.2. The number of rotatable bonds is 3. The van der Waals surface area contributed by atoms with Crippen molar-refractivity contribution in [1.82, 2.24) is 9.55 Å². The van der Waals surface area contributed by atoms with Crippen LogP contribution in [0.1, 0.15) is 25.0 Å². The highest BCUT2D eigenvalue weighted by Gasteiger charge is 2.57. The van der Waals surface area contributed by atoms with Crippen molar-refractivity contribution >= 4 is 0 Å². The zero-order valence-corrected chi connectivity index (χ0v) is 15.2. The Kier molecular flexibility index (Phi) is 4.94. The van der Waals surface area contributed by atoms with E-state index in [4.69, 9.17) is 14.2 Å². The minimum atomic E-state index is -1.26. The van der Waals surface area contributed by atoms with Crippen LogP contribution in [0, 0.1) is 5.92 Å². The number of ether oxygens (including phenoxy) is 3. The van der Waals surface area contributed by atoms with Crippen LogP contribution >= 0.6 is 0 Å². The molecule has 2 aliphatic rings. The van der Waals surface area contributed by atoms with E-state index in [-0.39, 0.29) is 6.61 Å². The minimum Gasteiger partial charge on any atom is -0.393 e. The second-order valence-electron chi connectivity index (χ2n) is 7.21. The van der Waals surface area contributed by atoms with Crippen molar-refractivity contribution in [2.75, 3.05) is 13.2 Å². The molecule has 2 aliphatic heterocycles. The fourth-order valence-corrected chi connectivity index (χ4v) is 3.86. The second kappa shape index (κ2) is 7.26. The largest absolute Gasteiger partial charge is 0.393 e. The smallest absolute Gasteiger partial charge is 0.330 e. The van der Waals surface area contributed by atoms with Crippen LogP contribution in [0.2, 0.25) is 0 Å². The van der Waals surface area contributed by atoms with Crippen LogP contribution in [-0.4, -0.2) is 50.8 Å². The predicted molar refractivity (Wildman–Crippen MR) is 96.4 cm³/mol. The first-order valence-electron chi connectivity index (χ1n) is 9.05. The van der Waals surface area contributed by atoms with Gasteiger partial charge in [0.25, 0.3) is 5.56 Å². The molecule has 0 aliphatic carbocycles. The molecule has 2 aromatic rings. The summed E-state index contributed by atoms with van der Waals surface area (Å²) in [6.45, 7) is 1.35. The van der Waals surface area contributed by atoms with Crippen LogP contribution in [0.4, 0.5) is 0 Å². The molecule has 9 nitrogen and oxygen atoms in total. The van der Waals surface area contributed by atoms with Gasteiger partial charge in [0.2, 0.25) is 0 Å². The van der Waals surface area contributed by atoms with E-state index >= 15 is 0 Å². The van der Waals surface area contributed by atoms with E-state index in [2.05, 4.69) is 4.98 Å². The van der Waals surface area contributed by atoms with Gasteiger partial charge in [-0.15, -0.1) is 0 Å². The number of aliphatic hydroxyl groups is 2. The molecule has 1 aromatic heterocycles. The van der Waals surface area contributed by atoms with E-state index in [0.29, 0.717) is 0 Å². The summed E-state index contributed by atoms with van der Waals surface area (Å²) in [5.74, 6) is -0.486. The molecule has 0 saturated carbocycles. The molecule has 150 valence electrons. The summed E-state index contributed by atoms with van der Waals surface area (Å²) in [7, 11) is 0. The number of aromatic nitrogens is 2. The number of fused-ring (bicyclic) bond motifs is 1. The molecule has 2 fully saturated rings. The van der Waals surface area contributed by atoms with Gasteiger partial charge in [-0.2, -0.15) is 0 Å². The van der Waals surface area contributed by atoms with Gasteiger partial charge in [0.05, 0.1) is 19.3 Å². The Morgan fingerprint density at radius 3 is 2.68 bits per heavy atom. The maximum atomic E-state index is 12.2. The van der Waals surface area contributed by atoms with Crippen LogP contribution in [0.5, 0.6) is 0 Å². The normalized spacial score (nSPS) is 35.3. The van der Waals surface area contributed by atoms with Crippen LogP contribution in [-0.2, 0) is 14.2 Å². The highest BCUT2D eigenvalue weighted by molar-refractivity contribution is 5.17. The van der Waals surface area contributed by atoms with Gasteiger partial charge in [-0.1, -0.05) is 37.3 Å². The minimum absolute atomic E-state index is 0.0133. The summed E-state index contributed by atoms with van der Waals surface area (Å²) < 4.78 is 19.0. The van der Waals surface area contributed by atoms with Crippen molar-refractivity contribution in [2.45, 2.75) is 37.3 Å². The average Bonchev–Trinajstić information content (AvgIpc) is 2.71. The first kappa shape index (κ1) is 19.0. The van der Waals surface area contributed by atoms with Crippen molar-refractivity contribution in [3.05, 3.63) is 69.0 Å². The van der Waals surface area contributed by atoms with Gasteiger partial charge in [-0.25, -0.2) is 4.79 Å². The van der Waals surface area contributed by atoms with Gasteiger partial charge >= 0.3 is 5.69 Å². The first-order chi connectivity index (χ1) is 13.4. The third-order valence-electron chi connectivity index (χ3n) is 5.40. The summed E-state index contributed by atoms with van der Waals surface area (Å²) in [5.41, 5.74) is -1.71. The topological polar surface area (TPSA) is 123 Å². The number of hydrogen-bond acceptors (Lipinski definition) is 7. The summed E-state index contributed by atoms with van der Waals surface area (Å²) in [6.07, 6.45) is -2.28. The van der Waals surface area contributed by atoms with Crippen LogP contribution < -0.4 is 11.2 Å². The maximum absolute atomic E-state index is 12.2. The first-order valence-corrected chi connectivity index (χ1v) is 9.05. The number of hydrogen-bond donors (Lipinski definition) is 3. The van der Waals surface area contributed by atoms with E-state index in [9.17, 15) is 19.8 Å². The van der Waals surface area contributed by atoms with Crippen LogP contribution in [0.15, 0.2) is 52.2 Å². The van der Waals surface area contributed by atoms with Crippen molar-refractivity contribution < 1.29 is 24.4 Å². The number of nitrogens with zero attached hydrogens (tertiary/aromatic N) is 1. The molecule has 0 bridgehead atoms. The number of nitrogens with one attached hydrogen (secondary N) is 1. The molecule has 3 heterocycles. The Bertz CT molecular complexity index is 943. The maximum Gasteiger partial charge on any atom is 0.330 e. The Morgan fingerprint density at radius 1 is 1.25 bits per heavy atom. The monoisotopic (exact) mass is 390 g/mol. The van der Waals surface area contributed by atoms with Crippen LogP contribution in [0.25, 0.3) is 0 Å². The Balaban J connectivity index is 1.66. The van der Waals surface area contributed by atoms with Crippen molar-refractivity contribution in [3.8, 4) is 0 Å². The molecule has 0 radical (unpaired) electrons. The second-order valence-corrected chi connectivity index (χ2v) is 7.21. The highest BCUT2D eigenvalue weighted by atomic mass is 16.7. The molecular formula is C19H22N2O7. The van der Waals surface area contributed by atoms with Crippen molar-refractivity contribution in [2.24, 2.45) is 5.92 Å². The van der Waals surface area contributed by atoms with Gasteiger partial charge in [0.15, 0.2) is 12.5 Å². The summed E-state index contributed by atoms with van der Waals surface area (Å²) >= 11 is 0. The van der Waals surface area contributed by atoms with E-state index in [1.54, 1.807) is 6.92 Å². The number of aliphatic hydroxyl groups excluding tert-OH is 2. The summed E-state index contributed by atoms with van der Waals surface area (Å²) in [5, 5.41) is 20.9. The molecule has 0 spiro atoms. The summed E-state index contributed by atoms with van der Waals surface area (Å²) in [4.78, 5) is 25.6. The standard InChI is InChI=1S/C19H22N2O7/c1-11-14(24)16(21-8-7-13(23)20-18(21)25)28-19(9-22)10-26-17(27-15(11)19)12-5-3-2-4-6-12/h2-8,11,14-17,22,24H,9-10H2,1H3,(H,20,23,25)/t11-,14-,15+,16-,17-,19-/m1/s1. The number of aromatic amines is 1. The van der Waals surface area contributed by atoms with Gasteiger partial charge in [0.1, 0.15) is 11.7 Å². The van der Waals surface area contributed by atoms with E-state index in [0.717, 1.165) is 10.1 Å². The molecule has 4 rings (SSSR count). The Labute approximate surface area is 160 Å². The third kappa shape index (κ3) is 3.11. The average molecular weight is 390 g/mol. The fraction of sp³-hybridized carbons (Fsp3) is 0.474. The fourth-order valence-electron chi connectivity index (χ4n) is 3.86. The lowest BCUT2D eigenvalue weighted by molar-refractivity contribution is -0.373. The SMILES string of the molecule is C[C@@H]1[C@@H](O)[C@H](n2ccc(=O)[nH]c2=O)O[C@]2(CO)CO[C@@H](c3ccccc3)O[C@@H]12. The predicted octanol–water partition coefficient (Wildman–Crippen LogP) is -0.0923. The van der Waals surface area contributed by atoms with Crippen LogP contribution in [0.3, 0.4) is 0 Å². The Hall–Kier alpha value is -2.30. The third-order valence-corrected chi connectivity index (χ3v) is 5.40. The Morgan fingerprint density at radius 2 is 2.00 bits per heavy atom. The molecule has 0 unspecified atom stereocenters. The molecule has 3 N–H and O–H groups in total.